The summed E-state index contributed by atoms with van der Waals surface area (Å²) in [7, 11) is 1.81. The van der Waals surface area contributed by atoms with E-state index in [1.807, 2.05) is 25.2 Å². The van der Waals surface area contributed by atoms with Crippen LogP contribution in [0.3, 0.4) is 0 Å². The van der Waals surface area contributed by atoms with Crippen molar-refractivity contribution >= 4 is 40.1 Å². The molecule has 1 N–H and O–H groups in total. The van der Waals surface area contributed by atoms with Crippen LogP contribution < -0.4 is 0 Å². The molecule has 0 aliphatic rings. The molecule has 5 rings (SSSR count). The van der Waals surface area contributed by atoms with E-state index in [-0.39, 0.29) is 11.4 Å². The van der Waals surface area contributed by atoms with Crippen LogP contribution in [0, 0.1) is 0 Å². The zero-order chi connectivity index (χ0) is 27.0. The van der Waals surface area contributed by atoms with Crippen LogP contribution in [-0.2, 0) is 17.4 Å². The number of aromatic nitrogens is 4. The Kier molecular flexibility index (Phi) is 6.92. The van der Waals surface area contributed by atoms with Crippen molar-refractivity contribution in [3.63, 3.8) is 0 Å². The summed E-state index contributed by atoms with van der Waals surface area (Å²) in [5, 5.41) is 13.8. The number of halogens is 2. The number of rotatable bonds is 6. The molecule has 2 aromatic heterocycles. The molecule has 0 saturated carbocycles. The van der Waals surface area contributed by atoms with E-state index in [4.69, 9.17) is 27.9 Å². The Morgan fingerprint density at radius 3 is 2.39 bits per heavy atom. The number of ether oxygens (including phenoxy) is 1. The van der Waals surface area contributed by atoms with E-state index in [1.54, 1.807) is 79.5 Å². The highest BCUT2D eigenvalue weighted by molar-refractivity contribution is 6.31. The molecule has 0 spiro atoms. The summed E-state index contributed by atoms with van der Waals surface area (Å²) in [6, 6.07) is 19.4. The molecule has 0 aliphatic carbocycles. The van der Waals surface area contributed by atoms with Gasteiger partial charge in [0.25, 0.3) is 0 Å². The average Bonchev–Trinajstić information content (AvgIpc) is 3.33. The summed E-state index contributed by atoms with van der Waals surface area (Å²) < 4.78 is 7.06. The molecular formula is C29H24Cl2N4O3. The highest BCUT2D eigenvalue weighted by atomic mass is 35.5. The lowest BCUT2D eigenvalue weighted by Crippen LogP contribution is -2.31. The van der Waals surface area contributed by atoms with E-state index in [0.29, 0.717) is 44.0 Å². The van der Waals surface area contributed by atoms with Crippen molar-refractivity contribution < 1.29 is 14.6 Å². The first-order chi connectivity index (χ1) is 18.2. The van der Waals surface area contributed by atoms with Crippen molar-refractivity contribution in [3.8, 4) is 11.3 Å². The zero-order valence-corrected chi connectivity index (χ0v) is 22.4. The molecular weight excluding hydrogens is 523 g/mol. The molecule has 0 saturated heterocycles. The molecule has 192 valence electrons. The van der Waals surface area contributed by atoms with E-state index in [2.05, 4.69) is 15.0 Å². The van der Waals surface area contributed by atoms with Gasteiger partial charge in [-0.15, -0.1) is 0 Å². The molecule has 0 aliphatic heterocycles. The summed E-state index contributed by atoms with van der Waals surface area (Å²) in [4.78, 5) is 25.5. The first-order valence-corrected chi connectivity index (χ1v) is 12.7. The van der Waals surface area contributed by atoms with Crippen LogP contribution in [0.25, 0.3) is 22.2 Å². The van der Waals surface area contributed by atoms with Crippen molar-refractivity contribution in [1.82, 2.24) is 19.5 Å². The Hall–Kier alpha value is -3.78. The van der Waals surface area contributed by atoms with Crippen LogP contribution in [0.15, 0.2) is 79.3 Å². The maximum atomic E-state index is 12.4. The number of benzene rings is 3. The van der Waals surface area contributed by atoms with Crippen LogP contribution in [0.1, 0.15) is 41.0 Å². The third kappa shape index (κ3) is 4.76. The van der Waals surface area contributed by atoms with Crippen LogP contribution in [0.4, 0.5) is 0 Å². The van der Waals surface area contributed by atoms with Gasteiger partial charge >= 0.3 is 5.97 Å². The van der Waals surface area contributed by atoms with E-state index in [9.17, 15) is 9.90 Å². The Balaban J connectivity index is 1.70. The number of aliphatic hydroxyl groups is 1. The van der Waals surface area contributed by atoms with Crippen LogP contribution in [0.5, 0.6) is 0 Å². The van der Waals surface area contributed by atoms with Gasteiger partial charge in [0, 0.05) is 23.0 Å². The number of hydrogen-bond acceptors (Lipinski definition) is 6. The predicted octanol–water partition coefficient (Wildman–Crippen LogP) is 6.19. The lowest BCUT2D eigenvalue weighted by molar-refractivity contribution is 0.0377. The fourth-order valence-electron chi connectivity index (χ4n) is 4.48. The molecule has 0 radical (unpaired) electrons. The quantitative estimate of drug-likeness (QED) is 0.202. The van der Waals surface area contributed by atoms with Gasteiger partial charge < -0.3 is 14.4 Å². The highest BCUT2D eigenvalue weighted by Gasteiger charge is 2.37. The van der Waals surface area contributed by atoms with Crippen molar-refractivity contribution in [2.75, 3.05) is 0 Å². The zero-order valence-electron chi connectivity index (χ0n) is 20.9. The predicted molar refractivity (Wildman–Crippen MR) is 147 cm³/mol. The molecule has 0 fully saturated rings. The smallest absolute Gasteiger partial charge is 0.338 e. The van der Waals surface area contributed by atoms with Gasteiger partial charge in [0.2, 0.25) is 5.28 Å². The number of hydrogen-bond donors (Lipinski definition) is 1. The monoisotopic (exact) mass is 546 g/mol. The van der Waals surface area contributed by atoms with Crippen LogP contribution >= 0.6 is 23.2 Å². The number of imidazole rings is 1. The third-order valence-electron chi connectivity index (χ3n) is 6.25. The number of esters is 1. The second-order valence-electron chi connectivity index (χ2n) is 9.22. The Morgan fingerprint density at radius 1 is 1.00 bits per heavy atom. The molecule has 9 heteroatoms. The van der Waals surface area contributed by atoms with Crippen LogP contribution in [-0.4, -0.2) is 36.7 Å². The fourth-order valence-corrected chi connectivity index (χ4v) is 4.84. The Bertz CT molecular complexity index is 1650. The first-order valence-electron chi connectivity index (χ1n) is 11.9. The van der Waals surface area contributed by atoms with Crippen LogP contribution in [0.2, 0.25) is 10.3 Å². The van der Waals surface area contributed by atoms with Crippen molar-refractivity contribution in [2.45, 2.75) is 25.6 Å². The number of fused-ring (bicyclic) bond motifs is 1. The summed E-state index contributed by atoms with van der Waals surface area (Å²) in [6.45, 7) is 3.59. The SMILES string of the molecule is CC(C)OC(=O)c1ccc(C(O)(c2ccc3nc(Cl)nc(-c4cccc(Cl)c4)c3c2)c2cncn2C)cc1. The summed E-state index contributed by atoms with van der Waals surface area (Å²) in [5.41, 5.74) is 2.37. The maximum Gasteiger partial charge on any atom is 0.338 e. The molecule has 1 unspecified atom stereocenters. The summed E-state index contributed by atoms with van der Waals surface area (Å²) in [6.07, 6.45) is 2.99. The fraction of sp³-hybridized carbons (Fsp3) is 0.172. The van der Waals surface area contributed by atoms with Gasteiger partial charge in [-0.1, -0.05) is 41.9 Å². The molecule has 38 heavy (non-hydrogen) atoms. The van der Waals surface area contributed by atoms with Gasteiger partial charge in [0.15, 0.2) is 5.60 Å². The largest absolute Gasteiger partial charge is 0.459 e. The molecule has 7 nitrogen and oxygen atoms in total. The van der Waals surface area contributed by atoms with Gasteiger partial charge in [0.05, 0.1) is 41.1 Å². The topological polar surface area (TPSA) is 90.1 Å². The second kappa shape index (κ2) is 10.2. The average molecular weight is 547 g/mol. The molecule has 2 heterocycles. The minimum absolute atomic E-state index is 0.103. The lowest BCUT2D eigenvalue weighted by Gasteiger charge is -2.30. The minimum atomic E-state index is -1.62. The molecule has 5 aromatic rings. The maximum absolute atomic E-state index is 12.4. The van der Waals surface area contributed by atoms with Crippen molar-refractivity contribution in [1.29, 1.82) is 0 Å². The van der Waals surface area contributed by atoms with Crippen molar-refractivity contribution in [2.24, 2.45) is 7.05 Å². The molecule has 3 aromatic carbocycles. The van der Waals surface area contributed by atoms with Gasteiger partial charge in [0.1, 0.15) is 0 Å². The molecule has 0 bridgehead atoms. The second-order valence-corrected chi connectivity index (χ2v) is 9.99. The van der Waals surface area contributed by atoms with E-state index in [1.165, 1.54) is 0 Å². The van der Waals surface area contributed by atoms with Gasteiger partial charge in [-0.2, -0.15) is 0 Å². The number of aryl methyl sites for hydroxylation is 1. The summed E-state index contributed by atoms with van der Waals surface area (Å²) >= 11 is 12.5. The summed E-state index contributed by atoms with van der Waals surface area (Å²) in [5.74, 6) is -0.429. The number of carbonyl (C=O) groups is 1. The third-order valence-corrected chi connectivity index (χ3v) is 6.66. The van der Waals surface area contributed by atoms with Gasteiger partial charge in [-0.05, 0) is 73.0 Å². The highest BCUT2D eigenvalue weighted by Crippen LogP contribution is 2.39. The van der Waals surface area contributed by atoms with E-state index >= 15 is 0 Å². The van der Waals surface area contributed by atoms with Gasteiger partial charge in [-0.25, -0.2) is 19.7 Å². The standard InChI is InChI=1S/C29H24Cl2N4O3/c1-17(2)38-27(36)18-7-9-20(10-8-18)29(37,25-15-32-16-35(25)3)21-11-12-24-23(14-21)26(34-28(31)33-24)19-5-4-6-22(30)13-19/h4-17,37H,1-3H3. The Labute approximate surface area is 229 Å². The minimum Gasteiger partial charge on any atom is -0.459 e. The molecule has 1 atom stereocenters. The normalized spacial score (nSPS) is 13.0. The first kappa shape index (κ1) is 25.9. The van der Waals surface area contributed by atoms with E-state index < -0.39 is 11.6 Å². The number of nitrogens with zero attached hydrogens (tertiary/aromatic N) is 4. The van der Waals surface area contributed by atoms with Crippen molar-refractivity contribution in [3.05, 3.63) is 112 Å². The lowest BCUT2D eigenvalue weighted by atomic mass is 9.82. The molecule has 0 amide bonds. The Morgan fingerprint density at radius 2 is 1.74 bits per heavy atom. The number of carbonyl (C=O) groups excluding carboxylic acids is 1. The van der Waals surface area contributed by atoms with E-state index in [0.717, 1.165) is 5.56 Å². The van der Waals surface area contributed by atoms with Gasteiger partial charge in [-0.3, -0.25) is 0 Å².